The molecule has 13 heavy (non-hydrogen) atoms. The summed E-state index contributed by atoms with van der Waals surface area (Å²) in [6, 6.07) is 3.73. The van der Waals surface area contributed by atoms with Crippen LogP contribution in [0, 0.1) is 0 Å². The molecule has 0 unspecified atom stereocenters. The second kappa shape index (κ2) is 3.76. The van der Waals surface area contributed by atoms with Gasteiger partial charge in [0.15, 0.2) is 11.4 Å². The lowest BCUT2D eigenvalue weighted by Gasteiger charge is -1.89. The lowest BCUT2D eigenvalue weighted by Crippen LogP contribution is -1.69. The van der Waals surface area contributed by atoms with Crippen LogP contribution >= 0.6 is 23.1 Å². The Hall–Kier alpha value is -1.07. The maximum absolute atomic E-state index is 10.4. The molecule has 0 radical (unpaired) electrons. The molecule has 0 bridgehead atoms. The van der Waals surface area contributed by atoms with E-state index < -0.39 is 0 Å². The van der Waals surface area contributed by atoms with Crippen LogP contribution in [0.2, 0.25) is 0 Å². The quantitative estimate of drug-likeness (QED) is 0.791. The minimum Gasteiger partial charge on any atom is -0.339 e. The maximum atomic E-state index is 10.4. The van der Waals surface area contributed by atoms with Crippen LogP contribution in [0.4, 0.5) is 0 Å². The summed E-state index contributed by atoms with van der Waals surface area (Å²) < 4.78 is 1.07. The first-order valence-electron chi connectivity index (χ1n) is 3.61. The molecule has 0 spiro atoms. The number of aromatic amines is 1. The molecule has 0 fully saturated rings. The van der Waals surface area contributed by atoms with Crippen LogP contribution in [0.3, 0.4) is 0 Å². The zero-order valence-corrected chi connectivity index (χ0v) is 8.19. The van der Waals surface area contributed by atoms with Crippen LogP contribution in [0.5, 0.6) is 0 Å². The Morgan fingerprint density at radius 3 is 3.08 bits per heavy atom. The van der Waals surface area contributed by atoms with Gasteiger partial charge in [0.25, 0.3) is 0 Å². The van der Waals surface area contributed by atoms with Gasteiger partial charge in [-0.15, -0.1) is 11.3 Å². The van der Waals surface area contributed by atoms with E-state index >= 15 is 0 Å². The summed E-state index contributed by atoms with van der Waals surface area (Å²) in [6.07, 6.45) is 4.34. The summed E-state index contributed by atoms with van der Waals surface area (Å²) in [4.78, 5) is 18.2. The van der Waals surface area contributed by atoms with Crippen molar-refractivity contribution in [3.63, 3.8) is 0 Å². The van der Waals surface area contributed by atoms with Crippen molar-refractivity contribution >= 4 is 29.4 Å². The van der Waals surface area contributed by atoms with Crippen LogP contribution in [0.25, 0.3) is 0 Å². The Kier molecular flexibility index (Phi) is 2.47. The highest BCUT2D eigenvalue weighted by atomic mass is 32.2. The lowest BCUT2D eigenvalue weighted by atomic mass is 10.5. The van der Waals surface area contributed by atoms with E-state index in [1.165, 1.54) is 23.1 Å². The smallest absolute Gasteiger partial charge is 0.170 e. The molecule has 0 saturated carbocycles. The third-order valence-corrected chi connectivity index (χ3v) is 3.45. The number of aldehydes is 1. The summed E-state index contributed by atoms with van der Waals surface area (Å²) >= 11 is 2.99. The first kappa shape index (κ1) is 8.52. The van der Waals surface area contributed by atoms with E-state index in [1.807, 2.05) is 12.1 Å². The van der Waals surface area contributed by atoms with Gasteiger partial charge in [-0.2, -0.15) is 0 Å². The molecule has 0 aromatic carbocycles. The molecular formula is C8H6N2OS2. The number of H-pyrrole nitrogens is 1. The van der Waals surface area contributed by atoms with Crippen molar-refractivity contribution in [1.82, 2.24) is 9.97 Å². The molecule has 66 valence electrons. The molecule has 0 amide bonds. The predicted octanol–water partition coefficient (Wildman–Crippen LogP) is 2.43. The second-order valence-corrected chi connectivity index (χ2v) is 4.68. The fraction of sp³-hybridized carbons (Fsp3) is 0. The van der Waals surface area contributed by atoms with Crippen molar-refractivity contribution in [3.8, 4) is 0 Å². The Balaban J connectivity index is 2.14. The third-order valence-electron chi connectivity index (χ3n) is 1.39. The van der Waals surface area contributed by atoms with Crippen LogP contribution in [-0.4, -0.2) is 16.3 Å². The fourth-order valence-electron chi connectivity index (χ4n) is 0.854. The molecule has 0 aliphatic carbocycles. The van der Waals surface area contributed by atoms with Crippen molar-refractivity contribution in [2.45, 2.75) is 9.37 Å². The summed E-state index contributed by atoms with van der Waals surface area (Å²) in [6.45, 7) is 0. The zero-order chi connectivity index (χ0) is 9.10. The Bertz CT molecular complexity index is 394. The molecular weight excluding hydrogens is 204 g/mol. The van der Waals surface area contributed by atoms with E-state index in [1.54, 1.807) is 12.4 Å². The highest BCUT2D eigenvalue weighted by Gasteiger charge is 2.02. The van der Waals surface area contributed by atoms with Gasteiger partial charge in [-0.3, -0.25) is 4.79 Å². The normalized spacial score (nSPS) is 10.2. The number of hydrogen-bond donors (Lipinski definition) is 1. The van der Waals surface area contributed by atoms with Crippen LogP contribution in [-0.2, 0) is 0 Å². The summed E-state index contributed by atoms with van der Waals surface area (Å²) in [5.41, 5.74) is 0. The van der Waals surface area contributed by atoms with E-state index in [2.05, 4.69) is 9.97 Å². The van der Waals surface area contributed by atoms with Gasteiger partial charge < -0.3 is 4.98 Å². The van der Waals surface area contributed by atoms with E-state index in [9.17, 15) is 4.79 Å². The topological polar surface area (TPSA) is 45.8 Å². The number of nitrogens with one attached hydrogen (secondary N) is 1. The van der Waals surface area contributed by atoms with Crippen molar-refractivity contribution in [2.24, 2.45) is 0 Å². The molecule has 0 aliphatic rings. The highest BCUT2D eigenvalue weighted by molar-refractivity contribution is 8.01. The Labute approximate surface area is 83.2 Å². The number of carbonyl (C=O) groups is 1. The molecule has 0 atom stereocenters. The van der Waals surface area contributed by atoms with Crippen LogP contribution in [0.15, 0.2) is 33.9 Å². The summed E-state index contributed by atoms with van der Waals surface area (Å²) in [5, 5.41) is 0.847. The number of rotatable bonds is 3. The average molecular weight is 210 g/mol. The molecule has 2 heterocycles. The Morgan fingerprint density at radius 1 is 1.54 bits per heavy atom. The number of aromatic nitrogens is 2. The minimum atomic E-state index is 0.744. The molecule has 2 rings (SSSR count). The Morgan fingerprint density at radius 2 is 2.46 bits per heavy atom. The van der Waals surface area contributed by atoms with Gasteiger partial charge in [0.1, 0.15) is 0 Å². The highest BCUT2D eigenvalue weighted by Crippen LogP contribution is 2.30. The fourth-order valence-corrected chi connectivity index (χ4v) is 2.67. The van der Waals surface area contributed by atoms with Gasteiger partial charge in [-0.05, 0) is 23.9 Å². The van der Waals surface area contributed by atoms with E-state index in [4.69, 9.17) is 0 Å². The number of hydrogen-bond acceptors (Lipinski definition) is 4. The average Bonchev–Trinajstić information content (AvgIpc) is 2.76. The maximum Gasteiger partial charge on any atom is 0.170 e. The van der Waals surface area contributed by atoms with Gasteiger partial charge in [0.05, 0.1) is 9.09 Å². The van der Waals surface area contributed by atoms with Crippen molar-refractivity contribution in [2.75, 3.05) is 0 Å². The molecule has 3 nitrogen and oxygen atoms in total. The summed E-state index contributed by atoms with van der Waals surface area (Å²) in [5.74, 6) is 0. The molecule has 0 saturated heterocycles. The van der Waals surface area contributed by atoms with Crippen LogP contribution < -0.4 is 0 Å². The van der Waals surface area contributed by atoms with Crippen LogP contribution in [0.1, 0.15) is 9.67 Å². The standard InChI is InChI=1S/C8H6N2OS2/c11-5-6-1-2-7(12-6)13-8-9-3-4-10-8/h1-5H,(H,9,10). The molecule has 2 aromatic heterocycles. The van der Waals surface area contributed by atoms with Gasteiger partial charge in [-0.1, -0.05) is 0 Å². The monoisotopic (exact) mass is 210 g/mol. The summed E-state index contributed by atoms with van der Waals surface area (Å²) in [7, 11) is 0. The molecule has 1 N–H and O–H groups in total. The van der Waals surface area contributed by atoms with Gasteiger partial charge in [0.2, 0.25) is 0 Å². The molecule has 2 aromatic rings. The lowest BCUT2D eigenvalue weighted by molar-refractivity contribution is 0.112. The first-order chi connectivity index (χ1) is 6.38. The molecule has 5 heteroatoms. The van der Waals surface area contributed by atoms with Crippen molar-refractivity contribution < 1.29 is 4.79 Å². The minimum absolute atomic E-state index is 0.744. The third kappa shape index (κ3) is 1.99. The number of thiophene rings is 1. The van der Waals surface area contributed by atoms with E-state index in [-0.39, 0.29) is 0 Å². The van der Waals surface area contributed by atoms with Gasteiger partial charge in [0, 0.05) is 12.4 Å². The molecule has 0 aliphatic heterocycles. The predicted molar refractivity (Wildman–Crippen MR) is 52.4 cm³/mol. The SMILES string of the molecule is O=Cc1ccc(Sc2ncc[nH]2)s1. The van der Waals surface area contributed by atoms with Crippen molar-refractivity contribution in [1.29, 1.82) is 0 Å². The number of imidazole rings is 1. The number of carbonyl (C=O) groups excluding carboxylic acids is 1. The largest absolute Gasteiger partial charge is 0.339 e. The van der Waals surface area contributed by atoms with Gasteiger partial charge >= 0.3 is 0 Å². The van der Waals surface area contributed by atoms with Crippen molar-refractivity contribution in [3.05, 3.63) is 29.4 Å². The van der Waals surface area contributed by atoms with Gasteiger partial charge in [-0.25, -0.2) is 4.98 Å². The van der Waals surface area contributed by atoms with E-state index in [0.29, 0.717) is 0 Å². The number of nitrogens with zero attached hydrogens (tertiary/aromatic N) is 1. The van der Waals surface area contributed by atoms with E-state index in [0.717, 1.165) is 20.5 Å². The zero-order valence-electron chi connectivity index (χ0n) is 6.56. The first-order valence-corrected chi connectivity index (χ1v) is 5.24. The second-order valence-electron chi connectivity index (χ2n) is 2.27.